The highest BCUT2D eigenvalue weighted by atomic mass is 16.6. The van der Waals surface area contributed by atoms with Gasteiger partial charge in [0.1, 0.15) is 42.4 Å². The van der Waals surface area contributed by atoms with E-state index in [9.17, 15) is 33.6 Å². The van der Waals surface area contributed by atoms with E-state index in [1.165, 1.54) is 4.90 Å². The molecule has 1 aliphatic rings. The molecule has 1 saturated heterocycles. The number of nitrogens with zero attached hydrogens (tertiary/aromatic N) is 1. The molecule has 0 saturated carbocycles. The number of carbonyl (C=O) groups excluding carboxylic acids is 7. The number of ether oxygens (including phenoxy) is 3. The number of carbonyl (C=O) groups is 7. The van der Waals surface area contributed by atoms with Crippen molar-refractivity contribution in [2.24, 2.45) is 11.3 Å². The SMILES string of the molecule is CCOC(=O)[C@H](CC(C)C)NC(=O)[C@@H](NC(=O)[C@H](Cc1c[nH]c2ccccc12)NC(=O)[C@@H]1CCCN1C(=O)[C@H](CCCCNC(=O)OC(C)(C)C)NC(=O)OCc1ccccc1)C(C)(C)C. The predicted octanol–water partition coefficient (Wildman–Crippen LogP) is 5.80. The highest BCUT2D eigenvalue weighted by molar-refractivity contribution is 5.97. The van der Waals surface area contributed by atoms with E-state index in [1.54, 1.807) is 66.8 Å². The molecule has 6 amide bonds. The van der Waals surface area contributed by atoms with Crippen LogP contribution >= 0.6 is 0 Å². The monoisotopic (exact) mass is 918 g/mol. The molecule has 5 atom stereocenters. The Morgan fingerprint density at radius 3 is 2.15 bits per heavy atom. The highest BCUT2D eigenvalue weighted by Crippen LogP contribution is 2.24. The first-order valence-electron chi connectivity index (χ1n) is 23.0. The van der Waals surface area contributed by atoms with Gasteiger partial charge in [0.25, 0.3) is 0 Å². The van der Waals surface area contributed by atoms with Gasteiger partial charge < -0.3 is 50.7 Å². The fraction of sp³-hybridized carbons (Fsp3) is 0.571. The fourth-order valence-electron chi connectivity index (χ4n) is 7.74. The molecule has 3 aromatic rings. The van der Waals surface area contributed by atoms with E-state index in [-0.39, 0.29) is 45.1 Å². The van der Waals surface area contributed by atoms with Crippen molar-refractivity contribution >= 4 is 52.7 Å². The minimum Gasteiger partial charge on any atom is -0.464 e. The molecular formula is C49H71N7O10. The van der Waals surface area contributed by atoms with E-state index >= 15 is 0 Å². The van der Waals surface area contributed by atoms with Crippen molar-refractivity contribution < 1.29 is 47.8 Å². The molecule has 17 nitrogen and oxygen atoms in total. The van der Waals surface area contributed by atoms with Crippen LogP contribution in [0.15, 0.2) is 60.8 Å². The Labute approximate surface area is 388 Å². The predicted molar refractivity (Wildman–Crippen MR) is 250 cm³/mol. The second-order valence-electron chi connectivity index (χ2n) is 19.2. The van der Waals surface area contributed by atoms with Crippen LogP contribution < -0.4 is 26.6 Å². The van der Waals surface area contributed by atoms with E-state index < -0.39 is 83.0 Å². The van der Waals surface area contributed by atoms with Crippen molar-refractivity contribution in [1.82, 2.24) is 36.5 Å². The van der Waals surface area contributed by atoms with Crippen molar-refractivity contribution in [2.75, 3.05) is 19.7 Å². The normalized spacial score (nSPS) is 15.8. The Balaban J connectivity index is 1.56. The molecule has 0 bridgehead atoms. The summed E-state index contributed by atoms with van der Waals surface area (Å²) in [5.41, 5.74) is 0.818. The number of hydrogen-bond donors (Lipinski definition) is 6. The third-order valence-corrected chi connectivity index (χ3v) is 11.0. The van der Waals surface area contributed by atoms with Gasteiger partial charge in [0, 0.05) is 36.6 Å². The first-order valence-corrected chi connectivity index (χ1v) is 23.0. The molecule has 4 rings (SSSR count). The molecular weight excluding hydrogens is 847 g/mol. The fourth-order valence-corrected chi connectivity index (χ4v) is 7.74. The lowest BCUT2D eigenvalue weighted by Crippen LogP contribution is -2.61. The number of esters is 1. The quantitative estimate of drug-likeness (QED) is 0.0428. The number of aromatic amines is 1. The van der Waals surface area contributed by atoms with Crippen molar-refractivity contribution in [3.8, 4) is 0 Å². The molecule has 17 heteroatoms. The number of hydrogen-bond acceptors (Lipinski definition) is 10. The Morgan fingerprint density at radius 2 is 1.48 bits per heavy atom. The number of H-pyrrole nitrogens is 1. The number of unbranched alkanes of at least 4 members (excludes halogenated alkanes) is 1. The van der Waals surface area contributed by atoms with Gasteiger partial charge in [-0.3, -0.25) is 19.2 Å². The van der Waals surface area contributed by atoms with E-state index in [2.05, 4.69) is 31.6 Å². The van der Waals surface area contributed by atoms with Gasteiger partial charge >= 0.3 is 18.2 Å². The second kappa shape index (κ2) is 24.4. The van der Waals surface area contributed by atoms with Crippen LogP contribution in [0, 0.1) is 11.3 Å². The summed E-state index contributed by atoms with van der Waals surface area (Å²) < 4.78 is 16.0. The Bertz CT molecular complexity index is 2110. The summed E-state index contributed by atoms with van der Waals surface area (Å²) >= 11 is 0. The topological polar surface area (TPSA) is 226 Å². The van der Waals surface area contributed by atoms with Gasteiger partial charge in [-0.1, -0.05) is 83.1 Å². The molecule has 2 aromatic carbocycles. The van der Waals surface area contributed by atoms with Gasteiger partial charge in [-0.25, -0.2) is 14.4 Å². The molecule has 0 aliphatic carbocycles. The van der Waals surface area contributed by atoms with E-state index in [0.717, 1.165) is 22.0 Å². The van der Waals surface area contributed by atoms with Crippen LogP contribution in [0.2, 0.25) is 0 Å². The first-order chi connectivity index (χ1) is 31.2. The Kier molecular flexibility index (Phi) is 19.4. The largest absolute Gasteiger partial charge is 0.464 e. The van der Waals surface area contributed by atoms with E-state index in [0.29, 0.717) is 32.1 Å². The number of alkyl carbamates (subject to hydrolysis) is 2. The third-order valence-electron chi connectivity index (χ3n) is 11.0. The molecule has 1 aromatic heterocycles. The number of fused-ring (bicyclic) bond motifs is 1. The summed E-state index contributed by atoms with van der Waals surface area (Å²) in [6.45, 7) is 16.8. The number of likely N-dealkylation sites (tertiary alicyclic amines) is 1. The lowest BCUT2D eigenvalue weighted by Gasteiger charge is -2.33. The second-order valence-corrected chi connectivity index (χ2v) is 19.2. The van der Waals surface area contributed by atoms with Crippen LogP contribution in [0.5, 0.6) is 0 Å². The zero-order valence-electron chi connectivity index (χ0n) is 40.0. The minimum atomic E-state index is -1.21. The minimum absolute atomic E-state index is 0.0241. The number of benzene rings is 2. The summed E-state index contributed by atoms with van der Waals surface area (Å²) in [6.07, 6.45) is 2.59. The van der Waals surface area contributed by atoms with E-state index in [4.69, 9.17) is 14.2 Å². The van der Waals surface area contributed by atoms with Crippen molar-refractivity contribution in [1.29, 1.82) is 0 Å². The highest BCUT2D eigenvalue weighted by Gasteiger charge is 2.41. The van der Waals surface area contributed by atoms with Crippen LogP contribution in [0.4, 0.5) is 9.59 Å². The Hall–Kier alpha value is -6.13. The van der Waals surface area contributed by atoms with Gasteiger partial charge in [0.05, 0.1) is 6.61 Å². The first kappa shape index (κ1) is 52.5. The molecule has 1 aliphatic heterocycles. The summed E-state index contributed by atoms with van der Waals surface area (Å²) in [5.74, 6) is -2.83. The summed E-state index contributed by atoms with van der Waals surface area (Å²) in [5, 5.41) is 14.9. The lowest BCUT2D eigenvalue weighted by molar-refractivity contribution is -0.148. The summed E-state index contributed by atoms with van der Waals surface area (Å²) in [4.78, 5) is 100. The molecule has 0 radical (unpaired) electrons. The van der Waals surface area contributed by atoms with Crippen molar-refractivity contribution in [3.05, 3.63) is 71.9 Å². The van der Waals surface area contributed by atoms with Crippen LogP contribution in [-0.2, 0) is 51.2 Å². The molecule has 0 spiro atoms. The number of para-hydroxylation sites is 1. The average Bonchev–Trinajstić information content (AvgIpc) is 3.91. The molecule has 0 unspecified atom stereocenters. The van der Waals surface area contributed by atoms with Crippen molar-refractivity contribution in [3.63, 3.8) is 0 Å². The van der Waals surface area contributed by atoms with Crippen molar-refractivity contribution in [2.45, 2.75) is 150 Å². The number of amides is 6. The summed E-state index contributed by atoms with van der Waals surface area (Å²) in [7, 11) is 0. The standard InChI is InChI=1S/C49H71N7O10/c1-10-64-45(61)38(27-31(2)3)53-43(59)40(48(4,5)6)55-41(57)37(28-33-29-51-35-22-15-14-21-34(33)35)52-42(58)39-24-18-26-56(39)44(60)36(23-16-17-25-50-46(62)66-49(7,8)9)54-47(63)65-30-32-19-12-11-13-20-32/h11-15,19-22,29,31,36-40,51H,10,16-18,23-28,30H2,1-9H3,(H,50,62)(H,52,58)(H,53,59)(H,54,63)(H,55,57)/t36-,37-,38-,39-,40+/m0/s1. The average molecular weight is 918 g/mol. The van der Waals surface area contributed by atoms with Gasteiger partial charge in [0.15, 0.2) is 0 Å². The number of aromatic nitrogens is 1. The van der Waals surface area contributed by atoms with Gasteiger partial charge in [0.2, 0.25) is 23.6 Å². The zero-order valence-corrected chi connectivity index (χ0v) is 40.0. The Morgan fingerprint density at radius 1 is 0.788 bits per heavy atom. The van der Waals surface area contributed by atoms with Gasteiger partial charge in [-0.2, -0.15) is 0 Å². The van der Waals surface area contributed by atoms with Crippen LogP contribution in [0.25, 0.3) is 10.9 Å². The molecule has 6 N–H and O–H groups in total. The van der Waals surface area contributed by atoms with E-state index in [1.807, 2.05) is 56.3 Å². The summed E-state index contributed by atoms with van der Waals surface area (Å²) in [6, 6.07) is 11.3. The number of nitrogens with one attached hydrogen (secondary N) is 6. The van der Waals surface area contributed by atoms with Crippen LogP contribution in [0.3, 0.4) is 0 Å². The van der Waals surface area contributed by atoms with Gasteiger partial charge in [-0.05, 0) is 94.7 Å². The van der Waals surface area contributed by atoms with Crippen LogP contribution in [0.1, 0.15) is 112 Å². The number of rotatable bonds is 21. The maximum absolute atomic E-state index is 14.5. The molecule has 2 heterocycles. The van der Waals surface area contributed by atoms with Gasteiger partial charge in [-0.15, -0.1) is 0 Å². The third kappa shape index (κ3) is 16.4. The maximum Gasteiger partial charge on any atom is 0.408 e. The molecule has 66 heavy (non-hydrogen) atoms. The van der Waals surface area contributed by atoms with Crippen LogP contribution in [-0.4, -0.2) is 107 Å². The lowest BCUT2D eigenvalue weighted by atomic mass is 9.85. The smallest absolute Gasteiger partial charge is 0.408 e. The molecule has 1 fully saturated rings. The zero-order chi connectivity index (χ0) is 48.6. The molecule has 362 valence electrons. The maximum atomic E-state index is 14.5.